The molecule has 1 aromatic heterocycles. The standard InChI is InChI=1S/C13H22N2S/c1-4-11-7-5-6-8-12(11)15-13-14-9(2)10(3)16-13/h11-12H,4-8H2,1-3H3,(H,14,15). The van der Waals surface area contributed by atoms with Crippen molar-refractivity contribution in [3.05, 3.63) is 10.6 Å². The van der Waals surface area contributed by atoms with E-state index in [9.17, 15) is 0 Å². The minimum Gasteiger partial charge on any atom is -0.358 e. The van der Waals surface area contributed by atoms with Crippen LogP contribution in [0, 0.1) is 19.8 Å². The van der Waals surface area contributed by atoms with E-state index in [1.807, 2.05) is 0 Å². The summed E-state index contributed by atoms with van der Waals surface area (Å²) in [6.07, 6.45) is 6.78. The summed E-state index contributed by atoms with van der Waals surface area (Å²) in [5, 5.41) is 4.78. The van der Waals surface area contributed by atoms with Gasteiger partial charge in [-0.05, 0) is 32.6 Å². The molecule has 90 valence electrons. The monoisotopic (exact) mass is 238 g/mol. The van der Waals surface area contributed by atoms with E-state index in [-0.39, 0.29) is 0 Å². The third kappa shape index (κ3) is 2.57. The van der Waals surface area contributed by atoms with Crippen LogP contribution in [0.1, 0.15) is 49.6 Å². The van der Waals surface area contributed by atoms with Gasteiger partial charge in [-0.3, -0.25) is 0 Å². The number of thiazole rings is 1. The Kier molecular flexibility index (Phi) is 3.85. The van der Waals surface area contributed by atoms with Gasteiger partial charge in [0.1, 0.15) is 0 Å². The number of aromatic nitrogens is 1. The molecule has 0 bridgehead atoms. The first-order chi connectivity index (χ1) is 7.70. The number of rotatable bonds is 3. The average Bonchev–Trinajstić information content (AvgIpc) is 2.59. The molecule has 1 aliphatic carbocycles. The zero-order valence-corrected chi connectivity index (χ0v) is 11.4. The lowest BCUT2D eigenvalue weighted by Crippen LogP contribution is -2.31. The summed E-state index contributed by atoms with van der Waals surface area (Å²) in [6, 6.07) is 0.656. The summed E-state index contributed by atoms with van der Waals surface area (Å²) in [6.45, 7) is 6.55. The molecule has 1 aliphatic rings. The summed E-state index contributed by atoms with van der Waals surface area (Å²) in [5.74, 6) is 0.846. The Labute approximate surface area is 102 Å². The number of hydrogen-bond acceptors (Lipinski definition) is 3. The van der Waals surface area contributed by atoms with Crippen molar-refractivity contribution in [2.45, 2.75) is 58.9 Å². The Bertz CT molecular complexity index is 326. The van der Waals surface area contributed by atoms with Crippen molar-refractivity contribution < 1.29 is 0 Å². The second kappa shape index (κ2) is 5.17. The molecule has 3 heteroatoms. The predicted molar refractivity (Wildman–Crippen MR) is 71.2 cm³/mol. The molecule has 16 heavy (non-hydrogen) atoms. The van der Waals surface area contributed by atoms with Crippen molar-refractivity contribution in [1.29, 1.82) is 0 Å². The van der Waals surface area contributed by atoms with Gasteiger partial charge in [-0.25, -0.2) is 4.98 Å². The van der Waals surface area contributed by atoms with Crippen LogP contribution in [0.5, 0.6) is 0 Å². The first kappa shape index (κ1) is 11.9. The van der Waals surface area contributed by atoms with Crippen molar-refractivity contribution in [3.63, 3.8) is 0 Å². The molecule has 1 saturated carbocycles. The van der Waals surface area contributed by atoms with E-state index >= 15 is 0 Å². The van der Waals surface area contributed by atoms with Crippen LogP contribution in [0.25, 0.3) is 0 Å². The number of nitrogens with one attached hydrogen (secondary N) is 1. The highest BCUT2D eigenvalue weighted by atomic mass is 32.1. The summed E-state index contributed by atoms with van der Waals surface area (Å²) in [4.78, 5) is 5.92. The third-order valence-electron chi connectivity index (χ3n) is 3.77. The Hall–Kier alpha value is -0.570. The molecule has 1 fully saturated rings. The van der Waals surface area contributed by atoms with Crippen LogP contribution in [-0.4, -0.2) is 11.0 Å². The minimum absolute atomic E-state index is 0.656. The van der Waals surface area contributed by atoms with Crippen LogP contribution < -0.4 is 5.32 Å². The Morgan fingerprint density at radius 1 is 1.31 bits per heavy atom. The van der Waals surface area contributed by atoms with Crippen molar-refractivity contribution in [2.75, 3.05) is 5.32 Å². The summed E-state index contributed by atoms with van der Waals surface area (Å²) in [7, 11) is 0. The first-order valence-electron chi connectivity index (χ1n) is 6.41. The number of nitrogens with zero attached hydrogens (tertiary/aromatic N) is 1. The SMILES string of the molecule is CCC1CCCCC1Nc1nc(C)c(C)s1. The predicted octanol–water partition coefficient (Wildman–Crippen LogP) is 4.14. The molecule has 0 spiro atoms. The minimum atomic E-state index is 0.656. The van der Waals surface area contributed by atoms with Crippen LogP contribution >= 0.6 is 11.3 Å². The number of hydrogen-bond donors (Lipinski definition) is 1. The van der Waals surface area contributed by atoms with Crippen molar-refractivity contribution in [3.8, 4) is 0 Å². The second-order valence-corrected chi connectivity index (χ2v) is 6.07. The topological polar surface area (TPSA) is 24.9 Å². The van der Waals surface area contributed by atoms with E-state index in [4.69, 9.17) is 0 Å². The van der Waals surface area contributed by atoms with Gasteiger partial charge in [0.2, 0.25) is 0 Å². The van der Waals surface area contributed by atoms with Crippen molar-refractivity contribution >= 4 is 16.5 Å². The summed E-state index contributed by atoms with van der Waals surface area (Å²) < 4.78 is 0. The summed E-state index contributed by atoms with van der Waals surface area (Å²) in [5.41, 5.74) is 1.18. The molecule has 1 N–H and O–H groups in total. The lowest BCUT2D eigenvalue weighted by atomic mass is 9.83. The van der Waals surface area contributed by atoms with Gasteiger partial charge in [0, 0.05) is 10.9 Å². The fourth-order valence-corrected chi connectivity index (χ4v) is 3.46. The van der Waals surface area contributed by atoms with Gasteiger partial charge in [-0.1, -0.05) is 26.2 Å². The first-order valence-corrected chi connectivity index (χ1v) is 7.23. The molecule has 0 saturated heterocycles. The Morgan fingerprint density at radius 2 is 2.06 bits per heavy atom. The molecular formula is C13H22N2S. The smallest absolute Gasteiger partial charge is 0.183 e. The highest BCUT2D eigenvalue weighted by Crippen LogP contribution is 2.31. The van der Waals surface area contributed by atoms with Crippen LogP contribution in [-0.2, 0) is 0 Å². The van der Waals surface area contributed by atoms with Crippen molar-refractivity contribution in [2.24, 2.45) is 5.92 Å². The lowest BCUT2D eigenvalue weighted by molar-refractivity contribution is 0.317. The maximum Gasteiger partial charge on any atom is 0.183 e. The van der Waals surface area contributed by atoms with Gasteiger partial charge >= 0.3 is 0 Å². The Morgan fingerprint density at radius 3 is 2.69 bits per heavy atom. The quantitative estimate of drug-likeness (QED) is 0.856. The Balaban J connectivity index is 2.02. The zero-order valence-electron chi connectivity index (χ0n) is 10.5. The van der Waals surface area contributed by atoms with Gasteiger partial charge in [0.05, 0.1) is 5.69 Å². The largest absolute Gasteiger partial charge is 0.358 e. The van der Waals surface area contributed by atoms with Gasteiger partial charge < -0.3 is 5.32 Å². The molecule has 2 unspecified atom stereocenters. The van der Waals surface area contributed by atoms with E-state index < -0.39 is 0 Å². The van der Waals surface area contributed by atoms with E-state index in [2.05, 4.69) is 31.1 Å². The van der Waals surface area contributed by atoms with E-state index in [1.54, 1.807) is 11.3 Å². The van der Waals surface area contributed by atoms with E-state index in [1.165, 1.54) is 42.7 Å². The maximum atomic E-state index is 4.58. The molecule has 0 aromatic carbocycles. The molecule has 1 heterocycles. The average molecular weight is 238 g/mol. The zero-order chi connectivity index (χ0) is 11.5. The fourth-order valence-electron chi connectivity index (χ4n) is 2.58. The second-order valence-electron chi connectivity index (χ2n) is 4.86. The third-order valence-corrected chi connectivity index (χ3v) is 4.77. The van der Waals surface area contributed by atoms with Crippen LogP contribution in [0.15, 0.2) is 0 Å². The number of aryl methyl sites for hydroxylation is 2. The molecule has 2 atom stereocenters. The highest BCUT2D eigenvalue weighted by molar-refractivity contribution is 7.15. The van der Waals surface area contributed by atoms with Gasteiger partial charge in [-0.15, -0.1) is 11.3 Å². The van der Waals surface area contributed by atoms with Crippen LogP contribution in [0.3, 0.4) is 0 Å². The van der Waals surface area contributed by atoms with Crippen LogP contribution in [0.4, 0.5) is 5.13 Å². The molecule has 2 rings (SSSR count). The molecule has 2 nitrogen and oxygen atoms in total. The van der Waals surface area contributed by atoms with Crippen molar-refractivity contribution in [1.82, 2.24) is 4.98 Å². The van der Waals surface area contributed by atoms with E-state index in [0.717, 1.165) is 11.0 Å². The molecule has 0 amide bonds. The number of anilines is 1. The van der Waals surface area contributed by atoms with E-state index in [0.29, 0.717) is 6.04 Å². The van der Waals surface area contributed by atoms with Gasteiger partial charge in [0.25, 0.3) is 0 Å². The fraction of sp³-hybridized carbons (Fsp3) is 0.769. The molecule has 0 radical (unpaired) electrons. The van der Waals surface area contributed by atoms with Crippen LogP contribution in [0.2, 0.25) is 0 Å². The molecular weight excluding hydrogens is 216 g/mol. The lowest BCUT2D eigenvalue weighted by Gasteiger charge is -2.31. The normalized spacial score (nSPS) is 25.7. The van der Waals surface area contributed by atoms with Gasteiger partial charge in [-0.2, -0.15) is 0 Å². The highest BCUT2D eigenvalue weighted by Gasteiger charge is 2.24. The summed E-state index contributed by atoms with van der Waals surface area (Å²) >= 11 is 1.80. The van der Waals surface area contributed by atoms with Gasteiger partial charge in [0.15, 0.2) is 5.13 Å². The molecule has 0 aliphatic heterocycles. The molecule has 1 aromatic rings. The maximum absolute atomic E-state index is 4.58.